The number of carbonyl (C=O) groups is 1. The molecule has 4 heterocycles. The summed E-state index contributed by atoms with van der Waals surface area (Å²) in [5.41, 5.74) is 8.63. The van der Waals surface area contributed by atoms with Gasteiger partial charge in [0.05, 0.1) is 12.3 Å². The Balaban J connectivity index is 1.24. The van der Waals surface area contributed by atoms with Gasteiger partial charge >= 0.3 is 0 Å². The van der Waals surface area contributed by atoms with Crippen molar-refractivity contribution >= 4 is 11.5 Å². The van der Waals surface area contributed by atoms with E-state index in [0.717, 1.165) is 48.3 Å². The summed E-state index contributed by atoms with van der Waals surface area (Å²) in [6.45, 7) is 3.01. The number of hydrogen-bond acceptors (Lipinski definition) is 4. The number of aromatic amines is 1. The highest BCUT2D eigenvalue weighted by molar-refractivity contribution is 5.94. The number of amides is 1. The molecule has 0 spiro atoms. The number of halogens is 1. The minimum atomic E-state index is -0.244. The van der Waals surface area contributed by atoms with Crippen molar-refractivity contribution in [2.45, 2.75) is 24.8 Å². The summed E-state index contributed by atoms with van der Waals surface area (Å²) in [5.74, 6) is 0.107. The van der Waals surface area contributed by atoms with Crippen LogP contribution < -0.4 is 5.32 Å². The molecule has 2 aromatic heterocycles. The highest BCUT2D eigenvalue weighted by Gasteiger charge is 2.34. The van der Waals surface area contributed by atoms with Gasteiger partial charge < -0.3 is 15.0 Å². The quantitative estimate of drug-likeness (QED) is 0.275. The Labute approximate surface area is 233 Å². The second kappa shape index (κ2) is 11.6. The van der Waals surface area contributed by atoms with Crippen LogP contribution >= 0.6 is 0 Å². The van der Waals surface area contributed by atoms with Gasteiger partial charge in [-0.1, -0.05) is 18.2 Å². The number of benzene rings is 2. The van der Waals surface area contributed by atoms with Crippen LogP contribution in [0.15, 0.2) is 85.3 Å². The first-order valence-corrected chi connectivity index (χ1v) is 13.8. The van der Waals surface area contributed by atoms with E-state index in [0.29, 0.717) is 30.7 Å². The maximum atomic E-state index is 13.7. The van der Waals surface area contributed by atoms with Crippen molar-refractivity contribution in [3.05, 3.63) is 108 Å². The van der Waals surface area contributed by atoms with Crippen molar-refractivity contribution in [3.63, 3.8) is 0 Å². The number of H-pyrrole nitrogens is 1. The number of carbonyl (C=O) groups excluding carboxylic acids is 1. The zero-order chi connectivity index (χ0) is 27.5. The first-order valence-electron chi connectivity index (χ1n) is 13.8. The Morgan fingerprint density at radius 3 is 2.60 bits per heavy atom. The number of aromatic nitrogens is 2. The Hall–Kier alpha value is -4.07. The van der Waals surface area contributed by atoms with Crippen molar-refractivity contribution < 1.29 is 13.9 Å². The minimum Gasteiger partial charge on any atom is -0.383 e. The Morgan fingerprint density at radius 2 is 1.85 bits per heavy atom. The first kappa shape index (κ1) is 26.2. The molecule has 1 saturated heterocycles. The molecule has 6 nitrogen and oxygen atoms in total. The number of nitrogens with zero attached hydrogens (tertiary/aromatic N) is 2. The lowest BCUT2D eigenvalue weighted by Crippen LogP contribution is -2.32. The SMILES string of the molecule is COCCNC(=O)c1ccc([C@@H]2C[C@H]3C=C(c4c[nH]c(-c5ccc(F)cc5)c4-c4ccncc4)CCN3C2)cc1. The molecule has 7 heteroatoms. The second-order valence-corrected chi connectivity index (χ2v) is 10.5. The number of nitrogens with one attached hydrogen (secondary N) is 2. The minimum absolute atomic E-state index is 0.0727. The summed E-state index contributed by atoms with van der Waals surface area (Å²) >= 11 is 0. The molecule has 2 atom stereocenters. The monoisotopic (exact) mass is 536 g/mol. The van der Waals surface area contributed by atoms with E-state index >= 15 is 0 Å². The number of ether oxygens (including phenoxy) is 1. The van der Waals surface area contributed by atoms with Gasteiger partial charge in [-0.2, -0.15) is 0 Å². The van der Waals surface area contributed by atoms with E-state index < -0.39 is 0 Å². The maximum absolute atomic E-state index is 13.7. The summed E-state index contributed by atoms with van der Waals surface area (Å²) in [5, 5.41) is 2.88. The fraction of sp³-hybridized carbons (Fsp3) is 0.273. The van der Waals surface area contributed by atoms with Gasteiger partial charge in [0.1, 0.15) is 5.82 Å². The van der Waals surface area contributed by atoms with E-state index in [1.165, 1.54) is 28.8 Å². The molecule has 0 bridgehead atoms. The molecule has 0 aliphatic carbocycles. The summed E-state index contributed by atoms with van der Waals surface area (Å²) in [4.78, 5) is 22.6. The van der Waals surface area contributed by atoms with Crippen LogP contribution in [0.3, 0.4) is 0 Å². The molecule has 1 fully saturated rings. The summed E-state index contributed by atoms with van der Waals surface area (Å²) < 4.78 is 18.7. The molecule has 1 amide bonds. The molecule has 0 unspecified atom stereocenters. The van der Waals surface area contributed by atoms with Gasteiger partial charge in [-0.15, -0.1) is 0 Å². The Bertz CT molecular complexity index is 1500. The lowest BCUT2D eigenvalue weighted by Gasteiger charge is -2.28. The Morgan fingerprint density at radius 1 is 1.07 bits per heavy atom. The van der Waals surface area contributed by atoms with Crippen LogP contribution in [0, 0.1) is 5.82 Å². The van der Waals surface area contributed by atoms with Gasteiger partial charge in [-0.3, -0.25) is 14.7 Å². The van der Waals surface area contributed by atoms with Gasteiger partial charge in [0.2, 0.25) is 0 Å². The highest BCUT2D eigenvalue weighted by atomic mass is 19.1. The Kier molecular flexibility index (Phi) is 7.58. The van der Waals surface area contributed by atoms with Crippen molar-refractivity contribution in [1.82, 2.24) is 20.2 Å². The van der Waals surface area contributed by atoms with Crippen molar-refractivity contribution in [3.8, 4) is 22.4 Å². The van der Waals surface area contributed by atoms with Crippen LogP contribution in [0.1, 0.15) is 40.2 Å². The number of methoxy groups -OCH3 is 1. The third-order valence-corrected chi connectivity index (χ3v) is 8.08. The van der Waals surface area contributed by atoms with Crippen molar-refractivity contribution in [2.24, 2.45) is 0 Å². The average molecular weight is 537 g/mol. The van der Waals surface area contributed by atoms with Gasteiger partial charge in [-0.05, 0) is 89.6 Å². The normalized spacial score (nSPS) is 18.8. The number of fused-ring (bicyclic) bond motifs is 1. The van der Waals surface area contributed by atoms with Crippen LogP contribution in [0.5, 0.6) is 0 Å². The number of hydrogen-bond donors (Lipinski definition) is 2. The fourth-order valence-electron chi connectivity index (χ4n) is 6.02. The van der Waals surface area contributed by atoms with E-state index in [-0.39, 0.29) is 11.7 Å². The molecular weight excluding hydrogens is 503 g/mol. The second-order valence-electron chi connectivity index (χ2n) is 10.5. The van der Waals surface area contributed by atoms with E-state index in [4.69, 9.17) is 4.74 Å². The van der Waals surface area contributed by atoms with E-state index in [9.17, 15) is 9.18 Å². The van der Waals surface area contributed by atoms with Crippen LogP contribution in [-0.2, 0) is 4.74 Å². The standard InChI is InChI=1S/C33H33FN4O2/c1-40-17-15-36-33(39)25-4-2-22(3-5-25)27-19-29-18-26(12-16-38(29)21-27)30-20-37-32(24-6-8-28(34)9-7-24)31(30)23-10-13-35-14-11-23/h2-11,13-14,18,20,27,29,37H,12,15-17,19,21H2,1H3,(H,36,39)/t27-,29-/m1/s1. The molecule has 2 aliphatic rings. The topological polar surface area (TPSA) is 70.2 Å². The zero-order valence-electron chi connectivity index (χ0n) is 22.6. The molecule has 204 valence electrons. The van der Waals surface area contributed by atoms with E-state index in [2.05, 4.69) is 44.6 Å². The van der Waals surface area contributed by atoms with Crippen LogP contribution in [0.2, 0.25) is 0 Å². The molecule has 4 aromatic rings. The predicted molar refractivity (Wildman–Crippen MR) is 155 cm³/mol. The van der Waals surface area contributed by atoms with Gasteiger partial charge in [0.25, 0.3) is 5.91 Å². The van der Waals surface area contributed by atoms with Crippen molar-refractivity contribution in [2.75, 3.05) is 33.4 Å². The van der Waals surface area contributed by atoms with E-state index in [1.54, 1.807) is 7.11 Å². The third kappa shape index (κ3) is 5.35. The number of rotatable bonds is 8. The highest BCUT2D eigenvalue weighted by Crippen LogP contribution is 2.42. The van der Waals surface area contributed by atoms with E-state index in [1.807, 2.05) is 48.8 Å². The molecule has 0 radical (unpaired) electrons. The van der Waals surface area contributed by atoms with Crippen molar-refractivity contribution in [1.29, 1.82) is 0 Å². The molecule has 40 heavy (non-hydrogen) atoms. The lowest BCUT2D eigenvalue weighted by molar-refractivity contribution is 0.0937. The van der Waals surface area contributed by atoms with Crippen LogP contribution in [0.25, 0.3) is 28.0 Å². The molecule has 2 N–H and O–H groups in total. The zero-order valence-corrected chi connectivity index (χ0v) is 22.6. The molecule has 2 aliphatic heterocycles. The van der Waals surface area contributed by atoms with Crippen LogP contribution in [-0.4, -0.2) is 60.2 Å². The molecule has 2 aromatic carbocycles. The largest absolute Gasteiger partial charge is 0.383 e. The third-order valence-electron chi connectivity index (χ3n) is 8.08. The summed E-state index contributed by atoms with van der Waals surface area (Å²) in [6.07, 6.45) is 10.2. The smallest absolute Gasteiger partial charge is 0.251 e. The summed E-state index contributed by atoms with van der Waals surface area (Å²) in [7, 11) is 1.62. The predicted octanol–water partition coefficient (Wildman–Crippen LogP) is 5.90. The van der Waals surface area contributed by atoms with Gasteiger partial charge in [0, 0.05) is 68.1 Å². The molecule has 0 saturated carbocycles. The molecule has 6 rings (SSSR count). The average Bonchev–Trinajstić information content (AvgIpc) is 3.63. The number of pyridine rings is 1. The maximum Gasteiger partial charge on any atom is 0.251 e. The van der Waals surface area contributed by atoms with Gasteiger partial charge in [0.15, 0.2) is 0 Å². The fourth-order valence-corrected chi connectivity index (χ4v) is 6.02. The molecular formula is C33H33FN4O2. The lowest BCUT2D eigenvalue weighted by atomic mass is 9.90. The first-order chi connectivity index (χ1) is 19.6. The summed E-state index contributed by atoms with van der Waals surface area (Å²) in [6, 6.07) is 19.1. The van der Waals surface area contributed by atoms with Gasteiger partial charge in [-0.25, -0.2) is 4.39 Å². The van der Waals surface area contributed by atoms with Crippen LogP contribution in [0.4, 0.5) is 4.39 Å².